The second-order valence-corrected chi connectivity index (χ2v) is 8.23. The van der Waals surface area contributed by atoms with Crippen molar-refractivity contribution in [3.63, 3.8) is 0 Å². The van der Waals surface area contributed by atoms with Crippen molar-refractivity contribution in [3.8, 4) is 17.0 Å². The van der Waals surface area contributed by atoms with Crippen LogP contribution in [0.1, 0.15) is 22.9 Å². The maximum absolute atomic E-state index is 12.3. The van der Waals surface area contributed by atoms with Gasteiger partial charge in [-0.15, -0.1) is 11.3 Å². The van der Waals surface area contributed by atoms with Crippen molar-refractivity contribution in [2.75, 3.05) is 11.9 Å². The minimum atomic E-state index is -0.216. The molecule has 0 unspecified atom stereocenters. The van der Waals surface area contributed by atoms with Crippen LogP contribution in [0.15, 0.2) is 46.9 Å². The van der Waals surface area contributed by atoms with Crippen LogP contribution in [0.25, 0.3) is 11.3 Å². The molecular formula is C21H21BrN2O2S. The second-order valence-electron chi connectivity index (χ2n) is 6.23. The van der Waals surface area contributed by atoms with E-state index in [4.69, 9.17) is 4.74 Å². The van der Waals surface area contributed by atoms with Crippen molar-refractivity contribution in [1.82, 2.24) is 4.98 Å². The van der Waals surface area contributed by atoms with Gasteiger partial charge in [-0.25, -0.2) is 4.98 Å². The lowest BCUT2D eigenvalue weighted by Gasteiger charge is -2.07. The number of anilines is 1. The van der Waals surface area contributed by atoms with E-state index in [0.717, 1.165) is 32.6 Å². The number of rotatable bonds is 6. The smallest absolute Gasteiger partial charge is 0.264 e. The number of amides is 1. The van der Waals surface area contributed by atoms with Gasteiger partial charge in [-0.05, 0) is 55.7 Å². The number of nitrogens with one attached hydrogen (secondary N) is 1. The largest absolute Gasteiger partial charge is 0.484 e. The molecule has 1 heterocycles. The Balaban J connectivity index is 1.67. The van der Waals surface area contributed by atoms with Gasteiger partial charge >= 0.3 is 0 Å². The van der Waals surface area contributed by atoms with Gasteiger partial charge in [0.15, 0.2) is 11.7 Å². The van der Waals surface area contributed by atoms with Crippen molar-refractivity contribution in [3.05, 3.63) is 62.9 Å². The zero-order valence-corrected chi connectivity index (χ0v) is 17.9. The van der Waals surface area contributed by atoms with Crippen LogP contribution in [-0.4, -0.2) is 17.5 Å². The van der Waals surface area contributed by atoms with Gasteiger partial charge < -0.3 is 4.74 Å². The summed E-state index contributed by atoms with van der Waals surface area (Å²) in [4.78, 5) is 18.0. The highest BCUT2D eigenvalue weighted by Gasteiger charge is 2.14. The molecule has 1 aromatic heterocycles. The average molecular weight is 445 g/mol. The van der Waals surface area contributed by atoms with Crippen molar-refractivity contribution < 1.29 is 9.53 Å². The van der Waals surface area contributed by atoms with Gasteiger partial charge in [0.1, 0.15) is 5.75 Å². The predicted octanol–water partition coefficient (Wildman–Crippen LogP) is 5.77. The summed E-state index contributed by atoms with van der Waals surface area (Å²) in [7, 11) is 0. The first-order valence-corrected chi connectivity index (χ1v) is 10.3. The van der Waals surface area contributed by atoms with E-state index in [0.29, 0.717) is 10.9 Å². The number of hydrogen-bond acceptors (Lipinski definition) is 4. The fourth-order valence-corrected chi connectivity index (χ4v) is 3.79. The predicted molar refractivity (Wildman–Crippen MR) is 115 cm³/mol. The molecule has 4 nitrogen and oxygen atoms in total. The number of aryl methyl sites for hydroxylation is 3. The lowest BCUT2D eigenvalue weighted by Crippen LogP contribution is -2.20. The van der Waals surface area contributed by atoms with Crippen LogP contribution in [0.2, 0.25) is 0 Å². The van der Waals surface area contributed by atoms with E-state index in [1.54, 1.807) is 0 Å². The van der Waals surface area contributed by atoms with Crippen LogP contribution in [0.5, 0.6) is 5.75 Å². The lowest BCUT2D eigenvalue weighted by molar-refractivity contribution is -0.118. The van der Waals surface area contributed by atoms with Gasteiger partial charge in [-0.2, -0.15) is 0 Å². The summed E-state index contributed by atoms with van der Waals surface area (Å²) in [5.41, 5.74) is 4.29. The molecule has 0 aliphatic carbocycles. The van der Waals surface area contributed by atoms with Crippen molar-refractivity contribution in [1.29, 1.82) is 0 Å². The Morgan fingerprint density at radius 3 is 2.56 bits per heavy atom. The number of thiazole rings is 1. The van der Waals surface area contributed by atoms with Crippen LogP contribution in [-0.2, 0) is 11.2 Å². The first-order valence-electron chi connectivity index (χ1n) is 8.71. The third-order valence-corrected chi connectivity index (χ3v) is 5.87. The van der Waals surface area contributed by atoms with Crippen molar-refractivity contribution in [2.45, 2.75) is 27.2 Å². The molecule has 0 fully saturated rings. The molecule has 3 rings (SSSR count). The third kappa shape index (κ3) is 4.96. The minimum Gasteiger partial charge on any atom is -0.484 e. The van der Waals surface area contributed by atoms with E-state index in [9.17, 15) is 4.79 Å². The third-order valence-electron chi connectivity index (χ3n) is 4.23. The average Bonchev–Trinajstić information content (AvgIpc) is 3.06. The van der Waals surface area contributed by atoms with Crippen LogP contribution in [0, 0.1) is 13.8 Å². The molecule has 0 radical (unpaired) electrons. The van der Waals surface area contributed by atoms with Gasteiger partial charge in [0.25, 0.3) is 5.91 Å². The zero-order valence-electron chi connectivity index (χ0n) is 15.5. The molecule has 2 aromatic carbocycles. The molecular weight excluding hydrogens is 424 g/mol. The Labute approximate surface area is 171 Å². The molecule has 0 saturated heterocycles. The fourth-order valence-electron chi connectivity index (χ4n) is 2.59. The number of carbonyl (C=O) groups excluding carboxylic acids is 1. The summed E-state index contributed by atoms with van der Waals surface area (Å²) < 4.78 is 6.62. The Kier molecular flexibility index (Phi) is 6.29. The molecule has 0 saturated carbocycles. The maximum atomic E-state index is 12.3. The fraction of sp³-hybridized carbons (Fsp3) is 0.238. The monoisotopic (exact) mass is 444 g/mol. The molecule has 0 atom stereocenters. The van der Waals surface area contributed by atoms with E-state index in [2.05, 4.69) is 33.2 Å². The Morgan fingerprint density at radius 1 is 1.15 bits per heavy atom. The van der Waals surface area contributed by atoms with Gasteiger partial charge in [-0.3, -0.25) is 10.1 Å². The van der Waals surface area contributed by atoms with Gasteiger partial charge in [-0.1, -0.05) is 41.1 Å². The standard InChI is InChI=1S/C21H21BrN2O2S/c1-4-18-20(15-6-8-16(22)9-7-15)24-21(27-18)23-19(25)12-26-17-10-5-13(2)14(3)11-17/h5-11H,4,12H2,1-3H3,(H,23,24,25). The molecule has 140 valence electrons. The summed E-state index contributed by atoms with van der Waals surface area (Å²) in [6, 6.07) is 13.8. The molecule has 0 spiro atoms. The summed E-state index contributed by atoms with van der Waals surface area (Å²) in [6.45, 7) is 6.11. The number of ether oxygens (including phenoxy) is 1. The molecule has 1 amide bonds. The topological polar surface area (TPSA) is 51.2 Å². The molecule has 3 aromatic rings. The van der Waals surface area contributed by atoms with Crippen LogP contribution >= 0.6 is 27.3 Å². The number of benzene rings is 2. The van der Waals surface area contributed by atoms with Gasteiger partial charge in [0.2, 0.25) is 0 Å². The van der Waals surface area contributed by atoms with E-state index in [1.165, 1.54) is 16.9 Å². The molecule has 1 N–H and O–H groups in total. The quantitative estimate of drug-likeness (QED) is 0.524. The first kappa shape index (κ1) is 19.6. The Hall–Kier alpha value is -2.18. The highest BCUT2D eigenvalue weighted by Crippen LogP contribution is 2.32. The Bertz CT molecular complexity index is 951. The van der Waals surface area contributed by atoms with Crippen LogP contribution < -0.4 is 10.1 Å². The van der Waals surface area contributed by atoms with Gasteiger partial charge in [0.05, 0.1) is 5.69 Å². The second kappa shape index (κ2) is 8.67. The minimum absolute atomic E-state index is 0.0445. The number of halogens is 1. The van der Waals surface area contributed by atoms with Crippen molar-refractivity contribution in [2.24, 2.45) is 0 Å². The van der Waals surface area contributed by atoms with Crippen LogP contribution in [0.4, 0.5) is 5.13 Å². The molecule has 27 heavy (non-hydrogen) atoms. The molecule has 0 aliphatic rings. The van der Waals surface area contributed by atoms with Gasteiger partial charge in [0, 0.05) is 14.9 Å². The molecule has 6 heteroatoms. The lowest BCUT2D eigenvalue weighted by atomic mass is 10.1. The SMILES string of the molecule is CCc1sc(NC(=O)COc2ccc(C)c(C)c2)nc1-c1ccc(Br)cc1. The molecule has 0 aliphatic heterocycles. The normalized spacial score (nSPS) is 10.7. The number of nitrogens with zero attached hydrogens (tertiary/aromatic N) is 1. The molecule has 0 bridgehead atoms. The number of hydrogen-bond donors (Lipinski definition) is 1. The highest BCUT2D eigenvalue weighted by atomic mass is 79.9. The number of aromatic nitrogens is 1. The van der Waals surface area contributed by atoms with E-state index >= 15 is 0 Å². The summed E-state index contributed by atoms with van der Waals surface area (Å²) in [5.74, 6) is 0.476. The highest BCUT2D eigenvalue weighted by molar-refractivity contribution is 9.10. The number of carbonyl (C=O) groups is 1. The first-order chi connectivity index (χ1) is 13.0. The summed E-state index contributed by atoms with van der Waals surface area (Å²) in [6.07, 6.45) is 0.859. The van der Waals surface area contributed by atoms with Crippen molar-refractivity contribution >= 4 is 38.3 Å². The maximum Gasteiger partial charge on any atom is 0.264 e. The van der Waals surface area contributed by atoms with E-state index in [1.807, 2.05) is 56.3 Å². The van der Waals surface area contributed by atoms with E-state index < -0.39 is 0 Å². The Morgan fingerprint density at radius 2 is 1.89 bits per heavy atom. The van der Waals surface area contributed by atoms with Crippen LogP contribution in [0.3, 0.4) is 0 Å². The zero-order chi connectivity index (χ0) is 19.4. The summed E-state index contributed by atoms with van der Waals surface area (Å²) >= 11 is 4.95. The van der Waals surface area contributed by atoms with E-state index in [-0.39, 0.29) is 12.5 Å². The summed E-state index contributed by atoms with van der Waals surface area (Å²) in [5, 5.41) is 3.44.